The molecule has 0 aliphatic carbocycles. The Labute approximate surface area is 101 Å². The van der Waals surface area contributed by atoms with Crippen molar-refractivity contribution in [3.8, 4) is 0 Å². The molecule has 2 rings (SSSR count). The molecule has 0 saturated heterocycles. The molecule has 0 fully saturated rings. The van der Waals surface area contributed by atoms with Crippen LogP contribution in [0.4, 0.5) is 0 Å². The van der Waals surface area contributed by atoms with Crippen molar-refractivity contribution in [3.05, 3.63) is 47.1 Å². The Bertz CT molecular complexity index is 493. The third-order valence-electron chi connectivity index (χ3n) is 2.68. The van der Waals surface area contributed by atoms with Gasteiger partial charge in [0.15, 0.2) is 5.82 Å². The first kappa shape index (κ1) is 11.8. The lowest BCUT2D eigenvalue weighted by Crippen LogP contribution is -2.18. The molecule has 0 spiro atoms. The Hall–Kier alpha value is -1.68. The monoisotopic (exact) mass is 231 g/mol. The highest BCUT2D eigenvalue weighted by molar-refractivity contribution is 5.24. The highest BCUT2D eigenvalue weighted by Gasteiger charge is 2.07. The van der Waals surface area contributed by atoms with Gasteiger partial charge < -0.3 is 9.84 Å². The van der Waals surface area contributed by atoms with Crippen LogP contribution in [-0.4, -0.2) is 10.1 Å². The van der Waals surface area contributed by atoms with E-state index in [1.807, 2.05) is 0 Å². The predicted octanol–water partition coefficient (Wildman–Crippen LogP) is 2.54. The summed E-state index contributed by atoms with van der Waals surface area (Å²) < 4.78 is 4.92. The average molecular weight is 231 g/mol. The molecule has 1 aromatic heterocycles. The van der Waals surface area contributed by atoms with E-state index in [0.29, 0.717) is 18.3 Å². The van der Waals surface area contributed by atoms with Gasteiger partial charge in [-0.1, -0.05) is 35.0 Å². The third kappa shape index (κ3) is 3.14. The van der Waals surface area contributed by atoms with Crippen LogP contribution in [0.25, 0.3) is 0 Å². The maximum atomic E-state index is 4.92. The summed E-state index contributed by atoms with van der Waals surface area (Å²) in [4.78, 5) is 4.15. The standard InChI is InChI=1S/C13H17N3O/c1-9-5-4-6-12(7-9)10(2)14-8-13-15-11(3)17-16-13/h4-7,10,14H,8H2,1-3H3/t10-/m0/s1. The lowest BCUT2D eigenvalue weighted by molar-refractivity contribution is 0.384. The summed E-state index contributed by atoms with van der Waals surface area (Å²) in [5.74, 6) is 1.30. The van der Waals surface area contributed by atoms with Crippen molar-refractivity contribution in [2.45, 2.75) is 33.4 Å². The van der Waals surface area contributed by atoms with Crippen LogP contribution in [0.15, 0.2) is 28.8 Å². The van der Waals surface area contributed by atoms with E-state index in [1.54, 1.807) is 6.92 Å². The van der Waals surface area contributed by atoms with Gasteiger partial charge in [0, 0.05) is 13.0 Å². The Balaban J connectivity index is 1.95. The van der Waals surface area contributed by atoms with Gasteiger partial charge >= 0.3 is 0 Å². The van der Waals surface area contributed by atoms with Crippen molar-refractivity contribution in [1.29, 1.82) is 0 Å². The summed E-state index contributed by atoms with van der Waals surface area (Å²) in [7, 11) is 0. The molecule has 0 saturated carbocycles. The Kier molecular flexibility index (Phi) is 3.54. The van der Waals surface area contributed by atoms with E-state index in [1.165, 1.54) is 11.1 Å². The van der Waals surface area contributed by atoms with E-state index < -0.39 is 0 Å². The number of aryl methyl sites for hydroxylation is 2. The second-order valence-corrected chi connectivity index (χ2v) is 4.25. The molecule has 0 unspecified atom stereocenters. The van der Waals surface area contributed by atoms with Crippen LogP contribution in [0, 0.1) is 13.8 Å². The summed E-state index contributed by atoms with van der Waals surface area (Å²) in [6, 6.07) is 8.74. The zero-order valence-corrected chi connectivity index (χ0v) is 10.4. The molecule has 1 heterocycles. The minimum Gasteiger partial charge on any atom is -0.340 e. The fourth-order valence-electron chi connectivity index (χ4n) is 1.71. The summed E-state index contributed by atoms with van der Waals surface area (Å²) in [5, 5.41) is 7.22. The largest absolute Gasteiger partial charge is 0.340 e. The van der Waals surface area contributed by atoms with Gasteiger partial charge in [0.25, 0.3) is 0 Å². The van der Waals surface area contributed by atoms with Crippen LogP contribution >= 0.6 is 0 Å². The maximum Gasteiger partial charge on any atom is 0.223 e. The number of hydrogen-bond acceptors (Lipinski definition) is 4. The van der Waals surface area contributed by atoms with E-state index in [-0.39, 0.29) is 6.04 Å². The Morgan fingerprint density at radius 2 is 2.18 bits per heavy atom. The van der Waals surface area contributed by atoms with E-state index in [4.69, 9.17) is 4.52 Å². The first-order chi connectivity index (χ1) is 8.15. The summed E-state index contributed by atoms with van der Waals surface area (Å²) in [6.07, 6.45) is 0. The van der Waals surface area contributed by atoms with E-state index in [0.717, 1.165) is 0 Å². The van der Waals surface area contributed by atoms with Gasteiger partial charge in [-0.15, -0.1) is 0 Å². The van der Waals surface area contributed by atoms with Gasteiger partial charge in [0.1, 0.15) is 0 Å². The molecule has 0 bridgehead atoms. The topological polar surface area (TPSA) is 51.0 Å². The molecule has 1 aromatic carbocycles. The first-order valence-electron chi connectivity index (χ1n) is 5.74. The van der Waals surface area contributed by atoms with Crippen molar-refractivity contribution in [2.24, 2.45) is 0 Å². The highest BCUT2D eigenvalue weighted by Crippen LogP contribution is 2.14. The lowest BCUT2D eigenvalue weighted by atomic mass is 10.1. The zero-order chi connectivity index (χ0) is 12.3. The molecule has 0 aliphatic rings. The van der Waals surface area contributed by atoms with Gasteiger partial charge in [-0.2, -0.15) is 4.98 Å². The molecule has 0 aliphatic heterocycles. The van der Waals surface area contributed by atoms with Crippen LogP contribution in [0.5, 0.6) is 0 Å². The van der Waals surface area contributed by atoms with Crippen molar-refractivity contribution in [1.82, 2.24) is 15.5 Å². The van der Waals surface area contributed by atoms with E-state index in [9.17, 15) is 0 Å². The lowest BCUT2D eigenvalue weighted by Gasteiger charge is -2.13. The van der Waals surface area contributed by atoms with Crippen LogP contribution < -0.4 is 5.32 Å². The molecule has 0 amide bonds. The molecule has 0 radical (unpaired) electrons. The maximum absolute atomic E-state index is 4.92. The molecule has 2 aromatic rings. The minimum atomic E-state index is 0.272. The van der Waals surface area contributed by atoms with Crippen LogP contribution in [0.1, 0.15) is 35.8 Å². The molecular weight excluding hydrogens is 214 g/mol. The minimum absolute atomic E-state index is 0.272. The van der Waals surface area contributed by atoms with E-state index >= 15 is 0 Å². The van der Waals surface area contributed by atoms with Gasteiger partial charge in [-0.25, -0.2) is 0 Å². The van der Waals surface area contributed by atoms with Crippen LogP contribution in [-0.2, 0) is 6.54 Å². The number of benzene rings is 1. The number of nitrogens with one attached hydrogen (secondary N) is 1. The molecule has 17 heavy (non-hydrogen) atoms. The fraction of sp³-hybridized carbons (Fsp3) is 0.385. The molecule has 1 N–H and O–H groups in total. The molecule has 4 nitrogen and oxygen atoms in total. The second kappa shape index (κ2) is 5.10. The van der Waals surface area contributed by atoms with E-state index in [2.05, 4.69) is 53.6 Å². The highest BCUT2D eigenvalue weighted by atomic mass is 16.5. The van der Waals surface area contributed by atoms with Gasteiger partial charge in [-0.05, 0) is 19.4 Å². The van der Waals surface area contributed by atoms with Crippen LogP contribution in [0.2, 0.25) is 0 Å². The summed E-state index contributed by atoms with van der Waals surface area (Å²) in [5.41, 5.74) is 2.54. The molecule has 4 heteroatoms. The van der Waals surface area contributed by atoms with Crippen molar-refractivity contribution in [2.75, 3.05) is 0 Å². The zero-order valence-electron chi connectivity index (χ0n) is 10.4. The van der Waals surface area contributed by atoms with Crippen molar-refractivity contribution < 1.29 is 4.52 Å². The Morgan fingerprint density at radius 1 is 1.35 bits per heavy atom. The number of nitrogens with zero attached hydrogens (tertiary/aromatic N) is 2. The summed E-state index contributed by atoms with van der Waals surface area (Å²) in [6.45, 7) is 6.63. The van der Waals surface area contributed by atoms with Gasteiger partial charge in [-0.3, -0.25) is 0 Å². The van der Waals surface area contributed by atoms with Crippen molar-refractivity contribution in [3.63, 3.8) is 0 Å². The van der Waals surface area contributed by atoms with Crippen LogP contribution in [0.3, 0.4) is 0 Å². The SMILES string of the molecule is Cc1cccc([C@H](C)NCc2noc(C)n2)c1. The van der Waals surface area contributed by atoms with Crippen molar-refractivity contribution >= 4 is 0 Å². The average Bonchev–Trinajstić information content (AvgIpc) is 2.72. The number of hydrogen-bond donors (Lipinski definition) is 1. The number of aromatic nitrogens is 2. The molecule has 1 atom stereocenters. The fourth-order valence-corrected chi connectivity index (χ4v) is 1.71. The summed E-state index contributed by atoms with van der Waals surface area (Å²) >= 11 is 0. The first-order valence-corrected chi connectivity index (χ1v) is 5.74. The van der Waals surface area contributed by atoms with Gasteiger partial charge in [0.05, 0.1) is 6.54 Å². The second-order valence-electron chi connectivity index (χ2n) is 4.25. The molecular formula is C13H17N3O. The predicted molar refractivity (Wildman–Crippen MR) is 65.5 cm³/mol. The molecule has 90 valence electrons. The third-order valence-corrected chi connectivity index (χ3v) is 2.68. The smallest absolute Gasteiger partial charge is 0.223 e. The van der Waals surface area contributed by atoms with Gasteiger partial charge in [0.2, 0.25) is 5.89 Å². The quantitative estimate of drug-likeness (QED) is 0.878. The Morgan fingerprint density at radius 3 is 2.82 bits per heavy atom. The normalized spacial score (nSPS) is 12.6. The number of rotatable bonds is 4.